The Labute approximate surface area is 212 Å². The molecule has 1 aliphatic rings. The minimum absolute atomic E-state index is 0.124. The highest BCUT2D eigenvalue weighted by atomic mass is 19.1. The van der Waals surface area contributed by atoms with Crippen molar-refractivity contribution in [1.82, 2.24) is 19.3 Å². The molecule has 0 unspecified atom stereocenters. The number of benzene rings is 2. The van der Waals surface area contributed by atoms with Crippen molar-refractivity contribution in [1.29, 1.82) is 0 Å². The fourth-order valence-corrected chi connectivity index (χ4v) is 5.10. The third-order valence-corrected chi connectivity index (χ3v) is 7.04. The molecular formula is C29H25F2N5O. The highest BCUT2D eigenvalue weighted by Gasteiger charge is 2.19. The molecule has 6 rings (SSSR count). The molecule has 4 heterocycles. The Bertz CT molecular complexity index is 1650. The van der Waals surface area contributed by atoms with Gasteiger partial charge < -0.3 is 9.80 Å². The van der Waals surface area contributed by atoms with Crippen LogP contribution >= 0.6 is 0 Å². The number of carbonyl (C=O) groups is 1. The number of nitrogens with zero attached hydrogens (tertiary/aromatic N) is 5. The van der Waals surface area contributed by atoms with Crippen LogP contribution in [0.25, 0.3) is 38.9 Å². The summed E-state index contributed by atoms with van der Waals surface area (Å²) >= 11 is 0. The molecular weight excluding hydrogens is 472 g/mol. The first-order chi connectivity index (χ1) is 17.9. The number of rotatable bonds is 3. The van der Waals surface area contributed by atoms with E-state index in [0.717, 1.165) is 60.4 Å². The zero-order valence-corrected chi connectivity index (χ0v) is 20.6. The van der Waals surface area contributed by atoms with Crippen LogP contribution in [0, 0.1) is 18.6 Å². The summed E-state index contributed by atoms with van der Waals surface area (Å²) in [7, 11) is 0. The fraction of sp³-hybridized carbons (Fsp3) is 0.207. The third kappa shape index (κ3) is 4.18. The molecule has 37 heavy (non-hydrogen) atoms. The van der Waals surface area contributed by atoms with E-state index >= 15 is 0 Å². The zero-order chi connectivity index (χ0) is 25.7. The van der Waals surface area contributed by atoms with E-state index in [4.69, 9.17) is 0 Å². The van der Waals surface area contributed by atoms with E-state index in [2.05, 4.69) is 39.1 Å². The average molecular weight is 498 g/mol. The standard InChI is InChI=1S/C29H25F2N5O/c1-18-13-24(25-15-22(30)16-26(31)29(25)33-18)27-17-32-28-14-21(7-8-36(27)28)20-3-5-23(6-4-20)35-11-9-34(10-12-35)19(2)37/h3-8,13-17H,9-12H2,1-2H3. The Balaban J connectivity index is 1.31. The van der Waals surface area contributed by atoms with Gasteiger partial charge in [0, 0.05) is 67.7 Å². The minimum atomic E-state index is -0.680. The monoisotopic (exact) mass is 497 g/mol. The van der Waals surface area contributed by atoms with Gasteiger partial charge in [0.05, 0.1) is 11.9 Å². The number of aromatic nitrogens is 3. The van der Waals surface area contributed by atoms with Gasteiger partial charge in [0.25, 0.3) is 0 Å². The summed E-state index contributed by atoms with van der Waals surface area (Å²) in [6.07, 6.45) is 3.65. The molecule has 1 fully saturated rings. The van der Waals surface area contributed by atoms with E-state index < -0.39 is 11.6 Å². The lowest BCUT2D eigenvalue weighted by Gasteiger charge is -2.35. The summed E-state index contributed by atoms with van der Waals surface area (Å²) in [5.74, 6) is -1.20. The molecule has 0 aliphatic carbocycles. The summed E-state index contributed by atoms with van der Waals surface area (Å²) in [6.45, 7) is 6.52. The van der Waals surface area contributed by atoms with Crippen molar-refractivity contribution in [3.8, 4) is 22.4 Å². The van der Waals surface area contributed by atoms with Gasteiger partial charge in [-0.15, -0.1) is 0 Å². The van der Waals surface area contributed by atoms with E-state index in [0.29, 0.717) is 16.6 Å². The quantitative estimate of drug-likeness (QED) is 0.332. The molecule has 1 amide bonds. The number of anilines is 1. The van der Waals surface area contributed by atoms with Crippen molar-refractivity contribution in [3.63, 3.8) is 0 Å². The SMILES string of the molecule is CC(=O)N1CCN(c2ccc(-c3ccn4c(-c5cc(C)nc6c(F)cc(F)cc56)cnc4c3)cc2)CC1. The van der Waals surface area contributed by atoms with E-state index in [1.54, 1.807) is 20.0 Å². The van der Waals surface area contributed by atoms with E-state index in [1.165, 1.54) is 6.07 Å². The van der Waals surface area contributed by atoms with Gasteiger partial charge in [-0.05, 0) is 54.4 Å². The summed E-state index contributed by atoms with van der Waals surface area (Å²) in [4.78, 5) is 24.6. The second-order valence-electron chi connectivity index (χ2n) is 9.42. The van der Waals surface area contributed by atoms with Gasteiger partial charge in [-0.2, -0.15) is 0 Å². The molecule has 2 aromatic carbocycles. The number of hydrogen-bond donors (Lipinski definition) is 0. The lowest BCUT2D eigenvalue weighted by Crippen LogP contribution is -2.48. The summed E-state index contributed by atoms with van der Waals surface area (Å²) < 4.78 is 30.4. The van der Waals surface area contributed by atoms with Crippen LogP contribution in [0.3, 0.4) is 0 Å². The number of piperazine rings is 1. The lowest BCUT2D eigenvalue weighted by molar-refractivity contribution is -0.129. The van der Waals surface area contributed by atoms with Crippen molar-refractivity contribution >= 4 is 28.1 Å². The second-order valence-corrected chi connectivity index (χ2v) is 9.42. The molecule has 6 nitrogen and oxygen atoms in total. The maximum absolute atomic E-state index is 14.5. The summed E-state index contributed by atoms with van der Waals surface area (Å²) in [5, 5.41) is 0.411. The first-order valence-electron chi connectivity index (χ1n) is 12.2. The van der Waals surface area contributed by atoms with Gasteiger partial charge in [-0.25, -0.2) is 18.7 Å². The normalized spacial score (nSPS) is 14.1. The van der Waals surface area contributed by atoms with Crippen LogP contribution in [0.15, 0.2) is 67.0 Å². The highest BCUT2D eigenvalue weighted by Crippen LogP contribution is 2.32. The molecule has 0 bridgehead atoms. The zero-order valence-electron chi connectivity index (χ0n) is 20.6. The van der Waals surface area contributed by atoms with Crippen LogP contribution in [-0.2, 0) is 4.79 Å². The molecule has 0 spiro atoms. The number of imidazole rings is 1. The van der Waals surface area contributed by atoms with Crippen LogP contribution in [0.2, 0.25) is 0 Å². The second kappa shape index (κ2) is 8.96. The Kier molecular flexibility index (Phi) is 5.59. The smallest absolute Gasteiger partial charge is 0.219 e. The average Bonchev–Trinajstić information content (AvgIpc) is 3.32. The number of halogens is 2. The molecule has 0 radical (unpaired) electrons. The van der Waals surface area contributed by atoms with Crippen LogP contribution in [0.4, 0.5) is 14.5 Å². The molecule has 0 saturated carbocycles. The molecule has 0 N–H and O–H groups in total. The number of amides is 1. The predicted molar refractivity (Wildman–Crippen MR) is 140 cm³/mol. The maximum atomic E-state index is 14.5. The topological polar surface area (TPSA) is 53.7 Å². The number of aryl methyl sites for hydroxylation is 1. The Morgan fingerprint density at radius 1 is 0.919 bits per heavy atom. The molecule has 1 saturated heterocycles. The van der Waals surface area contributed by atoms with E-state index in [1.807, 2.05) is 33.7 Å². The van der Waals surface area contributed by atoms with Crippen molar-refractivity contribution in [2.75, 3.05) is 31.1 Å². The molecule has 1 aliphatic heterocycles. The number of fused-ring (bicyclic) bond motifs is 2. The third-order valence-electron chi connectivity index (χ3n) is 7.04. The largest absolute Gasteiger partial charge is 0.368 e. The molecule has 5 aromatic rings. The van der Waals surface area contributed by atoms with Crippen LogP contribution in [0.5, 0.6) is 0 Å². The Morgan fingerprint density at radius 3 is 2.41 bits per heavy atom. The molecule has 8 heteroatoms. The van der Waals surface area contributed by atoms with E-state index in [-0.39, 0.29) is 11.4 Å². The van der Waals surface area contributed by atoms with Crippen LogP contribution in [0.1, 0.15) is 12.6 Å². The van der Waals surface area contributed by atoms with Gasteiger partial charge >= 0.3 is 0 Å². The van der Waals surface area contributed by atoms with Gasteiger partial charge in [0.2, 0.25) is 5.91 Å². The summed E-state index contributed by atoms with van der Waals surface area (Å²) in [5.41, 5.74) is 6.15. The van der Waals surface area contributed by atoms with Crippen molar-refractivity contribution in [3.05, 3.63) is 84.3 Å². The fourth-order valence-electron chi connectivity index (χ4n) is 5.10. The summed E-state index contributed by atoms with van der Waals surface area (Å²) in [6, 6.07) is 16.4. The Hall–Kier alpha value is -4.33. The van der Waals surface area contributed by atoms with Gasteiger partial charge in [0.1, 0.15) is 17.0 Å². The maximum Gasteiger partial charge on any atom is 0.219 e. The number of carbonyl (C=O) groups excluding carboxylic acids is 1. The van der Waals surface area contributed by atoms with Crippen LogP contribution in [-0.4, -0.2) is 51.4 Å². The van der Waals surface area contributed by atoms with Gasteiger partial charge in [-0.1, -0.05) is 12.1 Å². The van der Waals surface area contributed by atoms with E-state index in [9.17, 15) is 13.6 Å². The van der Waals surface area contributed by atoms with Crippen molar-refractivity contribution < 1.29 is 13.6 Å². The number of pyridine rings is 2. The first-order valence-corrected chi connectivity index (χ1v) is 12.2. The van der Waals surface area contributed by atoms with Crippen LogP contribution < -0.4 is 4.90 Å². The minimum Gasteiger partial charge on any atom is -0.368 e. The lowest BCUT2D eigenvalue weighted by atomic mass is 10.0. The van der Waals surface area contributed by atoms with Crippen molar-refractivity contribution in [2.45, 2.75) is 13.8 Å². The van der Waals surface area contributed by atoms with Gasteiger partial charge in [0.15, 0.2) is 5.82 Å². The molecule has 186 valence electrons. The molecule has 3 aromatic heterocycles. The van der Waals surface area contributed by atoms with Gasteiger partial charge in [-0.3, -0.25) is 9.20 Å². The predicted octanol–water partition coefficient (Wildman–Crippen LogP) is 5.47. The number of hydrogen-bond acceptors (Lipinski definition) is 4. The highest BCUT2D eigenvalue weighted by molar-refractivity contribution is 5.94. The Morgan fingerprint density at radius 2 is 1.68 bits per heavy atom. The van der Waals surface area contributed by atoms with Crippen molar-refractivity contribution in [2.24, 2.45) is 0 Å². The molecule has 0 atom stereocenters. The first kappa shape index (κ1) is 23.1.